The highest BCUT2D eigenvalue weighted by atomic mass is 16.5. The van der Waals surface area contributed by atoms with Gasteiger partial charge >= 0.3 is 0 Å². The molecule has 1 N–H and O–H groups in total. The SMILES string of the molecule is COc1ccc2[nH]c(-c3ccc(C)cc3)c(-c3ccccc3)c2c1. The number of aromatic amines is 1. The summed E-state index contributed by atoms with van der Waals surface area (Å²) in [6.07, 6.45) is 0. The Morgan fingerprint density at radius 3 is 2.25 bits per heavy atom. The Balaban J connectivity index is 2.03. The number of hydrogen-bond donors (Lipinski definition) is 1. The summed E-state index contributed by atoms with van der Waals surface area (Å²) in [7, 11) is 1.71. The molecule has 0 amide bonds. The van der Waals surface area contributed by atoms with Gasteiger partial charge in [-0.1, -0.05) is 60.2 Å². The van der Waals surface area contributed by atoms with Gasteiger partial charge in [0.05, 0.1) is 12.8 Å². The minimum atomic E-state index is 0.870. The maximum absolute atomic E-state index is 5.43. The molecule has 0 radical (unpaired) electrons. The number of aryl methyl sites for hydroxylation is 1. The first-order valence-corrected chi connectivity index (χ1v) is 8.08. The Bertz CT molecular complexity index is 982. The van der Waals surface area contributed by atoms with Gasteiger partial charge in [0.25, 0.3) is 0 Å². The van der Waals surface area contributed by atoms with Crippen molar-refractivity contribution >= 4 is 10.9 Å². The van der Waals surface area contributed by atoms with Crippen molar-refractivity contribution in [1.29, 1.82) is 0 Å². The van der Waals surface area contributed by atoms with Crippen LogP contribution in [0.25, 0.3) is 33.3 Å². The third kappa shape index (κ3) is 2.46. The molecule has 4 rings (SSSR count). The number of ether oxygens (including phenoxy) is 1. The lowest BCUT2D eigenvalue weighted by atomic mass is 9.98. The topological polar surface area (TPSA) is 25.0 Å². The van der Waals surface area contributed by atoms with E-state index in [-0.39, 0.29) is 0 Å². The molecule has 24 heavy (non-hydrogen) atoms. The van der Waals surface area contributed by atoms with Crippen LogP contribution in [0.3, 0.4) is 0 Å². The summed E-state index contributed by atoms with van der Waals surface area (Å²) in [4.78, 5) is 3.59. The first kappa shape index (κ1) is 14.6. The van der Waals surface area contributed by atoms with Gasteiger partial charge in [0.2, 0.25) is 0 Å². The molecule has 0 fully saturated rings. The molecule has 0 aliphatic heterocycles. The summed E-state index contributed by atoms with van der Waals surface area (Å²) in [6.45, 7) is 2.11. The first-order valence-electron chi connectivity index (χ1n) is 8.08. The highest BCUT2D eigenvalue weighted by Gasteiger charge is 2.15. The normalized spacial score (nSPS) is 10.9. The molecule has 2 nitrogen and oxygen atoms in total. The van der Waals surface area contributed by atoms with E-state index in [0.29, 0.717) is 0 Å². The Labute approximate surface area is 141 Å². The van der Waals surface area contributed by atoms with Crippen molar-refractivity contribution in [2.75, 3.05) is 7.11 Å². The molecule has 2 heteroatoms. The van der Waals surface area contributed by atoms with Crippen molar-refractivity contribution < 1.29 is 4.74 Å². The van der Waals surface area contributed by atoms with Crippen LogP contribution >= 0.6 is 0 Å². The lowest BCUT2D eigenvalue weighted by Crippen LogP contribution is -1.84. The van der Waals surface area contributed by atoms with E-state index in [4.69, 9.17) is 4.74 Å². The molecule has 4 aromatic rings. The molecule has 1 heterocycles. The number of methoxy groups -OCH3 is 1. The molecule has 0 bridgehead atoms. The maximum atomic E-state index is 5.43. The number of rotatable bonds is 3. The summed E-state index contributed by atoms with van der Waals surface area (Å²) >= 11 is 0. The van der Waals surface area contributed by atoms with Crippen molar-refractivity contribution in [2.24, 2.45) is 0 Å². The molecule has 1 aromatic heterocycles. The predicted molar refractivity (Wildman–Crippen MR) is 100 cm³/mol. The van der Waals surface area contributed by atoms with E-state index in [0.717, 1.165) is 17.0 Å². The Morgan fingerprint density at radius 2 is 1.54 bits per heavy atom. The number of aromatic nitrogens is 1. The second kappa shape index (κ2) is 5.89. The predicted octanol–water partition coefficient (Wildman–Crippen LogP) is 5.82. The second-order valence-electron chi connectivity index (χ2n) is 6.02. The number of hydrogen-bond acceptors (Lipinski definition) is 1. The van der Waals surface area contributed by atoms with Gasteiger partial charge in [-0.05, 0) is 36.2 Å². The van der Waals surface area contributed by atoms with Crippen LogP contribution in [0.1, 0.15) is 5.56 Å². The van der Waals surface area contributed by atoms with E-state index in [1.807, 2.05) is 12.1 Å². The van der Waals surface area contributed by atoms with Crippen LogP contribution in [0.15, 0.2) is 72.8 Å². The summed E-state index contributed by atoms with van der Waals surface area (Å²) in [5.74, 6) is 0.870. The fraction of sp³-hybridized carbons (Fsp3) is 0.0909. The molecule has 118 valence electrons. The van der Waals surface area contributed by atoms with E-state index >= 15 is 0 Å². The standard InChI is InChI=1S/C22H19NO/c1-15-8-10-17(11-9-15)22-21(16-6-4-3-5-7-16)19-14-18(24-2)12-13-20(19)23-22/h3-14,23H,1-2H3. The van der Waals surface area contributed by atoms with Crippen LogP contribution in [-0.2, 0) is 0 Å². The van der Waals surface area contributed by atoms with Crippen LogP contribution in [0.4, 0.5) is 0 Å². The van der Waals surface area contributed by atoms with Gasteiger partial charge in [0, 0.05) is 16.5 Å². The summed E-state index contributed by atoms with van der Waals surface area (Å²) in [5.41, 5.74) is 7.13. The highest BCUT2D eigenvalue weighted by Crippen LogP contribution is 2.39. The number of nitrogens with one attached hydrogen (secondary N) is 1. The fourth-order valence-corrected chi connectivity index (χ4v) is 3.14. The van der Waals surface area contributed by atoms with Crippen molar-refractivity contribution in [1.82, 2.24) is 4.98 Å². The van der Waals surface area contributed by atoms with E-state index in [9.17, 15) is 0 Å². The van der Waals surface area contributed by atoms with E-state index in [1.165, 1.54) is 27.6 Å². The number of benzene rings is 3. The van der Waals surface area contributed by atoms with Crippen LogP contribution < -0.4 is 4.74 Å². The van der Waals surface area contributed by atoms with Gasteiger partial charge < -0.3 is 9.72 Å². The number of fused-ring (bicyclic) bond motifs is 1. The largest absolute Gasteiger partial charge is 0.497 e. The van der Waals surface area contributed by atoms with Crippen LogP contribution in [0.2, 0.25) is 0 Å². The van der Waals surface area contributed by atoms with Gasteiger partial charge in [0.15, 0.2) is 0 Å². The zero-order valence-corrected chi connectivity index (χ0v) is 13.8. The van der Waals surface area contributed by atoms with Gasteiger partial charge in [-0.3, -0.25) is 0 Å². The van der Waals surface area contributed by atoms with Gasteiger partial charge in [0.1, 0.15) is 5.75 Å². The summed E-state index contributed by atoms with van der Waals surface area (Å²) < 4.78 is 5.43. The minimum Gasteiger partial charge on any atom is -0.497 e. The smallest absolute Gasteiger partial charge is 0.119 e. The van der Waals surface area contributed by atoms with Crippen molar-refractivity contribution in [3.05, 3.63) is 78.4 Å². The molecular formula is C22H19NO. The fourth-order valence-electron chi connectivity index (χ4n) is 3.14. The molecule has 0 atom stereocenters. The molecule has 0 spiro atoms. The third-order valence-electron chi connectivity index (χ3n) is 4.41. The average Bonchev–Trinajstić information content (AvgIpc) is 3.01. The van der Waals surface area contributed by atoms with Crippen molar-refractivity contribution in [3.8, 4) is 28.1 Å². The van der Waals surface area contributed by atoms with Crippen molar-refractivity contribution in [2.45, 2.75) is 6.92 Å². The average molecular weight is 313 g/mol. The van der Waals surface area contributed by atoms with Gasteiger partial charge in [-0.15, -0.1) is 0 Å². The monoisotopic (exact) mass is 313 g/mol. The van der Waals surface area contributed by atoms with Crippen molar-refractivity contribution in [3.63, 3.8) is 0 Å². The number of H-pyrrole nitrogens is 1. The van der Waals surface area contributed by atoms with E-state index in [2.05, 4.69) is 72.6 Å². The third-order valence-corrected chi connectivity index (χ3v) is 4.41. The highest BCUT2D eigenvalue weighted by molar-refractivity contribution is 6.04. The lowest BCUT2D eigenvalue weighted by Gasteiger charge is -2.07. The summed E-state index contributed by atoms with van der Waals surface area (Å²) in [5, 5.41) is 1.18. The molecule has 0 saturated heterocycles. The molecule has 3 aromatic carbocycles. The maximum Gasteiger partial charge on any atom is 0.119 e. The van der Waals surface area contributed by atoms with Crippen LogP contribution in [0, 0.1) is 6.92 Å². The molecular weight excluding hydrogens is 294 g/mol. The molecule has 0 saturated carbocycles. The van der Waals surface area contributed by atoms with Crippen LogP contribution in [-0.4, -0.2) is 12.1 Å². The molecule has 0 aliphatic rings. The van der Waals surface area contributed by atoms with Crippen LogP contribution in [0.5, 0.6) is 5.75 Å². The first-order chi connectivity index (χ1) is 11.8. The van der Waals surface area contributed by atoms with Gasteiger partial charge in [-0.25, -0.2) is 0 Å². The Hall–Kier alpha value is -3.00. The minimum absolute atomic E-state index is 0.870. The Kier molecular flexibility index (Phi) is 3.58. The van der Waals surface area contributed by atoms with Gasteiger partial charge in [-0.2, -0.15) is 0 Å². The quantitative estimate of drug-likeness (QED) is 0.506. The second-order valence-corrected chi connectivity index (χ2v) is 6.02. The summed E-state index contributed by atoms with van der Waals surface area (Å²) in [6, 6.07) is 25.3. The van der Waals surface area contributed by atoms with E-state index < -0.39 is 0 Å². The lowest BCUT2D eigenvalue weighted by molar-refractivity contribution is 0.415. The zero-order chi connectivity index (χ0) is 16.5. The van der Waals surface area contributed by atoms with E-state index in [1.54, 1.807) is 7.11 Å². The molecule has 0 aliphatic carbocycles. The molecule has 0 unspecified atom stereocenters. The Morgan fingerprint density at radius 1 is 0.792 bits per heavy atom. The zero-order valence-electron chi connectivity index (χ0n) is 13.8.